The van der Waals surface area contributed by atoms with E-state index in [1.165, 1.54) is 18.2 Å². The number of benzene rings is 2. The molecule has 7 nitrogen and oxygen atoms in total. The first-order valence-corrected chi connectivity index (χ1v) is 9.32. The van der Waals surface area contributed by atoms with Crippen LogP contribution in [0.2, 0.25) is 5.02 Å². The van der Waals surface area contributed by atoms with Crippen LogP contribution in [0, 0.1) is 5.82 Å². The maximum absolute atomic E-state index is 14.0. The number of rotatable bonds is 4. The first-order valence-electron chi connectivity index (χ1n) is 8.94. The Morgan fingerprint density at radius 1 is 1.10 bits per heavy atom. The van der Waals surface area contributed by atoms with Gasteiger partial charge in [-0.1, -0.05) is 28.9 Å². The number of amides is 2. The third-order valence-corrected chi connectivity index (χ3v) is 3.95. The van der Waals surface area contributed by atoms with E-state index in [2.05, 4.69) is 15.8 Å². The van der Waals surface area contributed by atoms with Crippen molar-refractivity contribution in [3.63, 3.8) is 0 Å². The molecule has 0 aliphatic carbocycles. The molecule has 3 rings (SSSR count). The van der Waals surface area contributed by atoms with Crippen LogP contribution in [-0.2, 0) is 4.74 Å². The predicted molar refractivity (Wildman–Crippen MR) is 111 cm³/mol. The highest BCUT2D eigenvalue weighted by Gasteiger charge is 2.19. The summed E-state index contributed by atoms with van der Waals surface area (Å²) in [6.45, 7) is 5.07. The van der Waals surface area contributed by atoms with Crippen molar-refractivity contribution in [2.75, 3.05) is 10.6 Å². The zero-order valence-corrected chi connectivity index (χ0v) is 17.2. The maximum atomic E-state index is 14.0. The van der Waals surface area contributed by atoms with Crippen LogP contribution >= 0.6 is 11.6 Å². The molecule has 0 atom stereocenters. The molecule has 0 spiro atoms. The summed E-state index contributed by atoms with van der Waals surface area (Å²) in [5.74, 6) is -0.876. The lowest BCUT2D eigenvalue weighted by atomic mass is 10.1. The molecule has 30 heavy (non-hydrogen) atoms. The summed E-state index contributed by atoms with van der Waals surface area (Å²) in [5, 5.41) is 9.17. The first kappa shape index (κ1) is 21.3. The van der Waals surface area contributed by atoms with Crippen LogP contribution in [0.15, 0.2) is 53.1 Å². The molecule has 0 bridgehead atoms. The third-order valence-electron chi connectivity index (χ3n) is 3.71. The highest BCUT2D eigenvalue weighted by molar-refractivity contribution is 6.30. The van der Waals surface area contributed by atoms with E-state index in [0.717, 1.165) is 6.07 Å². The number of halogens is 2. The first-order chi connectivity index (χ1) is 14.1. The Bertz CT molecular complexity index is 1090. The van der Waals surface area contributed by atoms with E-state index < -0.39 is 23.4 Å². The standard InChI is InChI=1S/C21H19ClFN3O4/c1-21(2,3)29-20(28)25-16-10-14(7-8-15(16)23)24-19(27)17-11-18(30-26-17)12-5-4-6-13(22)9-12/h4-11H,1-3H3,(H,24,27)(H,25,28). The van der Waals surface area contributed by atoms with E-state index in [9.17, 15) is 14.0 Å². The summed E-state index contributed by atoms with van der Waals surface area (Å²) in [6.07, 6.45) is -0.812. The molecule has 0 aliphatic rings. The van der Waals surface area contributed by atoms with Gasteiger partial charge in [-0.2, -0.15) is 0 Å². The Hall–Kier alpha value is -3.39. The van der Waals surface area contributed by atoms with Crippen molar-refractivity contribution < 1.29 is 23.2 Å². The Balaban J connectivity index is 1.72. The van der Waals surface area contributed by atoms with Crippen LogP contribution < -0.4 is 10.6 Å². The zero-order chi connectivity index (χ0) is 21.9. The number of aromatic nitrogens is 1. The molecular weight excluding hydrogens is 413 g/mol. The molecular formula is C21H19ClFN3O4. The smallest absolute Gasteiger partial charge is 0.412 e. The van der Waals surface area contributed by atoms with Crippen LogP contribution in [-0.4, -0.2) is 22.8 Å². The van der Waals surface area contributed by atoms with E-state index in [1.807, 2.05) is 0 Å². The van der Waals surface area contributed by atoms with Crippen LogP contribution in [0.5, 0.6) is 0 Å². The second kappa shape index (κ2) is 8.54. The average Bonchev–Trinajstić information content (AvgIpc) is 3.13. The van der Waals surface area contributed by atoms with Gasteiger partial charge in [0.15, 0.2) is 11.5 Å². The molecule has 0 aliphatic heterocycles. The van der Waals surface area contributed by atoms with Crippen LogP contribution in [0.1, 0.15) is 31.3 Å². The average molecular weight is 432 g/mol. The fourth-order valence-electron chi connectivity index (χ4n) is 2.47. The zero-order valence-electron chi connectivity index (χ0n) is 16.5. The molecule has 156 valence electrons. The van der Waals surface area contributed by atoms with E-state index in [4.69, 9.17) is 20.9 Å². The lowest BCUT2D eigenvalue weighted by Gasteiger charge is -2.20. The molecule has 0 radical (unpaired) electrons. The van der Waals surface area contributed by atoms with Crippen molar-refractivity contribution in [1.29, 1.82) is 0 Å². The molecule has 0 saturated carbocycles. The topological polar surface area (TPSA) is 93.5 Å². The quantitative estimate of drug-likeness (QED) is 0.550. The van der Waals surface area contributed by atoms with Crippen molar-refractivity contribution in [2.45, 2.75) is 26.4 Å². The summed E-state index contributed by atoms with van der Waals surface area (Å²) in [5.41, 5.74) is 0.0669. The van der Waals surface area contributed by atoms with Crippen molar-refractivity contribution in [1.82, 2.24) is 5.16 Å². The Morgan fingerprint density at radius 3 is 2.57 bits per heavy atom. The Labute approximate surface area is 177 Å². The molecule has 2 N–H and O–H groups in total. The highest BCUT2D eigenvalue weighted by Crippen LogP contribution is 2.25. The molecule has 1 aromatic heterocycles. The molecule has 0 unspecified atom stereocenters. The molecule has 3 aromatic rings. The van der Waals surface area contributed by atoms with Crippen molar-refractivity contribution in [3.8, 4) is 11.3 Å². The normalized spacial score (nSPS) is 11.1. The molecule has 9 heteroatoms. The van der Waals surface area contributed by atoms with E-state index in [-0.39, 0.29) is 17.1 Å². The summed E-state index contributed by atoms with van der Waals surface area (Å²) in [6, 6.07) is 12.1. The van der Waals surface area contributed by atoms with Gasteiger partial charge >= 0.3 is 6.09 Å². The van der Waals surface area contributed by atoms with E-state index in [0.29, 0.717) is 16.3 Å². The second-order valence-electron chi connectivity index (χ2n) is 7.36. The predicted octanol–water partition coefficient (Wildman–Crippen LogP) is 5.73. The minimum absolute atomic E-state index is 0.0240. The molecule has 1 heterocycles. The number of nitrogens with zero attached hydrogens (tertiary/aromatic N) is 1. The summed E-state index contributed by atoms with van der Waals surface area (Å²) in [4.78, 5) is 24.3. The minimum atomic E-state index is -0.812. The number of carbonyl (C=O) groups is 2. The number of carbonyl (C=O) groups excluding carboxylic acids is 2. The fourth-order valence-corrected chi connectivity index (χ4v) is 2.66. The summed E-state index contributed by atoms with van der Waals surface area (Å²) < 4.78 is 24.3. The van der Waals surface area contributed by atoms with Crippen LogP contribution in [0.25, 0.3) is 11.3 Å². The van der Waals surface area contributed by atoms with Gasteiger partial charge in [-0.05, 0) is 51.1 Å². The van der Waals surface area contributed by atoms with Gasteiger partial charge in [0.2, 0.25) is 0 Å². The fraction of sp³-hybridized carbons (Fsp3) is 0.190. The maximum Gasteiger partial charge on any atom is 0.412 e. The number of hydrogen-bond acceptors (Lipinski definition) is 5. The van der Waals surface area contributed by atoms with Gasteiger partial charge in [-0.15, -0.1) is 0 Å². The molecule has 0 fully saturated rings. The van der Waals surface area contributed by atoms with Gasteiger partial charge in [0.1, 0.15) is 11.4 Å². The van der Waals surface area contributed by atoms with Gasteiger partial charge < -0.3 is 14.6 Å². The Kier molecular flexibility index (Phi) is 6.07. The molecule has 2 amide bonds. The lowest BCUT2D eigenvalue weighted by molar-refractivity contribution is 0.0635. The van der Waals surface area contributed by atoms with Crippen LogP contribution in [0.3, 0.4) is 0 Å². The molecule has 0 saturated heterocycles. The highest BCUT2D eigenvalue weighted by atomic mass is 35.5. The Morgan fingerprint density at radius 2 is 1.87 bits per heavy atom. The van der Waals surface area contributed by atoms with Crippen molar-refractivity contribution in [3.05, 3.63) is 65.1 Å². The monoisotopic (exact) mass is 431 g/mol. The molecule has 2 aromatic carbocycles. The minimum Gasteiger partial charge on any atom is -0.444 e. The van der Waals surface area contributed by atoms with Crippen molar-refractivity contribution >= 4 is 35.0 Å². The number of hydrogen-bond donors (Lipinski definition) is 2. The second-order valence-corrected chi connectivity index (χ2v) is 7.80. The largest absolute Gasteiger partial charge is 0.444 e. The van der Waals surface area contributed by atoms with Crippen molar-refractivity contribution in [2.24, 2.45) is 0 Å². The number of ether oxygens (including phenoxy) is 1. The van der Waals surface area contributed by atoms with Crippen LogP contribution in [0.4, 0.5) is 20.6 Å². The van der Waals surface area contributed by atoms with Gasteiger partial charge in [-0.25, -0.2) is 9.18 Å². The third kappa shape index (κ3) is 5.57. The van der Waals surface area contributed by atoms with Gasteiger partial charge in [-0.3, -0.25) is 10.1 Å². The van der Waals surface area contributed by atoms with Gasteiger partial charge in [0.05, 0.1) is 5.69 Å². The number of anilines is 2. The van der Waals surface area contributed by atoms with E-state index in [1.54, 1.807) is 45.0 Å². The summed E-state index contributed by atoms with van der Waals surface area (Å²) in [7, 11) is 0. The SMILES string of the molecule is CC(C)(C)OC(=O)Nc1cc(NC(=O)c2cc(-c3cccc(Cl)c3)on2)ccc1F. The lowest BCUT2D eigenvalue weighted by Crippen LogP contribution is -2.27. The number of nitrogens with one attached hydrogen (secondary N) is 2. The van der Waals surface area contributed by atoms with Gasteiger partial charge in [0, 0.05) is 22.3 Å². The van der Waals surface area contributed by atoms with Gasteiger partial charge in [0.25, 0.3) is 5.91 Å². The summed E-state index contributed by atoms with van der Waals surface area (Å²) >= 11 is 5.96. The van der Waals surface area contributed by atoms with E-state index >= 15 is 0 Å².